The molecule has 0 N–H and O–H groups in total. The molecule has 0 aliphatic heterocycles. The van der Waals surface area contributed by atoms with Gasteiger partial charge in [0.2, 0.25) is 0 Å². The summed E-state index contributed by atoms with van der Waals surface area (Å²) >= 11 is 68.6. The first-order valence-corrected chi connectivity index (χ1v) is 38.8. The van der Waals surface area contributed by atoms with E-state index in [9.17, 15) is 0 Å². The smallest absolute Gasteiger partial charge is 0.148 e. The average molecular weight is 1490 g/mol. The zero-order chi connectivity index (χ0) is 58.9. The summed E-state index contributed by atoms with van der Waals surface area (Å²) in [6.45, 7) is 7.74. The van der Waals surface area contributed by atoms with Gasteiger partial charge in [0.1, 0.15) is 20.4 Å². The maximum Gasteiger partial charge on any atom is 0.148 e. The summed E-state index contributed by atoms with van der Waals surface area (Å²) in [7, 11) is 3.55. The van der Waals surface area contributed by atoms with E-state index in [1.807, 2.05) is 85.9 Å². The van der Waals surface area contributed by atoms with Crippen molar-refractivity contribution in [3.05, 3.63) is 72.8 Å². The Morgan fingerprint density at radius 2 is 0.713 bits per heavy atom. The van der Waals surface area contributed by atoms with Gasteiger partial charge in [-0.3, -0.25) is 0 Å². The van der Waals surface area contributed by atoms with Gasteiger partial charge < -0.3 is 28.4 Å². The monoisotopic (exact) mass is 1480 g/mol. The van der Waals surface area contributed by atoms with Gasteiger partial charge in [0, 0.05) is 83.9 Å². The molecular weight excluding hydrogens is 1390 g/mol. The summed E-state index contributed by atoms with van der Waals surface area (Å²) in [4.78, 5) is 3.92. The fourth-order valence-corrected chi connectivity index (χ4v) is 11.8. The van der Waals surface area contributed by atoms with Gasteiger partial charge in [-0.25, -0.2) is 0 Å². The van der Waals surface area contributed by atoms with Crippen LogP contribution in [0.2, 0.25) is 0 Å². The maximum absolute atomic E-state index is 5.26. The SMILES string of the molecule is C.C.CC(S)C(C)S.SC1CCC(CC2CCC(S)CC2)CC1.SCCOCOCCSSCCOCOCCS.SCOCOCS.SCS.SCSCSCS.Sc1ccc(-c2ccc(S)cc2)cc1.Sc1ccc(S)cc1. The Kier molecular flexibility index (Phi) is 84.4. The minimum Gasteiger partial charge on any atom is -0.355 e. The van der Waals surface area contributed by atoms with Crippen molar-refractivity contribution in [2.75, 3.05) is 102 Å². The standard InChI is InChI=1S/C13H24S2.C12H10S2.C10H22O4S4.C6H6S2.C4H10S2.C3H8O2S2.C3H8S4.CH4S2.2CH4/c14-12-5-1-10(2-6-12)9-11-3-7-13(15)8-4-11;13-11-5-1-9(2-6-11)10-3-7-12(14)8-4-10;15-5-1-11-9-13-3-7-17-18-8-4-14-10-12-2-6-16;7-5-1-2-6(8)4-3-5;1-3(5)4(2)6;6-2-4-1-5-3-7;4-1-6-3-7-2-5;2-1-3;;/h10-15H,1-9H2;1-8,13-14H;15-16H,1-10H2;1-4,7-8H;3-6H,1-2H3;6-7H,1-3H2;4-5H,1-3H2;2-3H,1H2;2*1H4. The number of ether oxygens (including phenoxy) is 6. The van der Waals surface area contributed by atoms with Crippen LogP contribution in [0.5, 0.6) is 0 Å². The fourth-order valence-electron chi connectivity index (χ4n) is 6.05. The van der Waals surface area contributed by atoms with E-state index < -0.39 is 0 Å². The highest BCUT2D eigenvalue weighted by atomic mass is 33.1. The largest absolute Gasteiger partial charge is 0.355 e. The Morgan fingerprint density at radius 3 is 0.975 bits per heavy atom. The molecule has 0 spiro atoms. The van der Waals surface area contributed by atoms with Crippen LogP contribution in [-0.4, -0.2) is 123 Å². The van der Waals surface area contributed by atoms with Crippen LogP contribution < -0.4 is 0 Å². The predicted octanol–water partition coefficient (Wildman–Crippen LogP) is 19.4. The van der Waals surface area contributed by atoms with Crippen molar-refractivity contribution in [2.45, 2.75) is 127 Å². The lowest BCUT2D eigenvalue weighted by Gasteiger charge is -2.32. The summed E-state index contributed by atoms with van der Waals surface area (Å²) < 4.78 is 30.1. The second-order valence-electron chi connectivity index (χ2n) is 16.3. The molecule has 2 aliphatic carbocycles. The molecule has 0 heterocycles. The van der Waals surface area contributed by atoms with Gasteiger partial charge in [-0.05, 0) is 129 Å². The van der Waals surface area contributed by atoms with Crippen molar-refractivity contribution in [3.8, 4) is 11.1 Å². The van der Waals surface area contributed by atoms with Gasteiger partial charge in [0.25, 0.3) is 0 Å². The Hall–Kier alpha value is 4.42. The van der Waals surface area contributed by atoms with Gasteiger partial charge in [-0.1, -0.05) is 74.6 Å². The Labute approximate surface area is 593 Å². The van der Waals surface area contributed by atoms with E-state index in [4.69, 9.17) is 18.9 Å². The minimum atomic E-state index is 0. The Morgan fingerprint density at radius 1 is 0.438 bits per heavy atom. The van der Waals surface area contributed by atoms with Crippen LogP contribution in [0, 0.1) is 11.8 Å². The lowest BCUT2D eigenvalue weighted by molar-refractivity contribution is -0.0428. The Bertz CT molecular complexity index is 1490. The lowest BCUT2D eigenvalue weighted by Crippen LogP contribution is -2.21. The molecule has 80 heavy (non-hydrogen) atoms. The van der Waals surface area contributed by atoms with Crippen LogP contribution in [0.25, 0.3) is 11.1 Å². The van der Waals surface area contributed by atoms with Crippen molar-refractivity contribution in [2.24, 2.45) is 11.8 Å². The second kappa shape index (κ2) is 72.5. The van der Waals surface area contributed by atoms with E-state index in [0.29, 0.717) is 78.0 Å². The molecule has 2 fully saturated rings. The topological polar surface area (TPSA) is 55.4 Å². The summed E-state index contributed by atoms with van der Waals surface area (Å²) in [5.41, 5.74) is 2.41. The quantitative estimate of drug-likeness (QED) is 0.0157. The first-order valence-electron chi connectivity index (χ1n) is 25.1. The molecule has 6 nitrogen and oxygen atoms in total. The van der Waals surface area contributed by atoms with Gasteiger partial charge in [-0.2, -0.15) is 152 Å². The summed E-state index contributed by atoms with van der Waals surface area (Å²) in [5.74, 6) is 6.19. The van der Waals surface area contributed by atoms with Crippen LogP contribution >= 0.6 is 247 Å². The van der Waals surface area contributed by atoms with Crippen molar-refractivity contribution in [1.82, 2.24) is 0 Å². The number of hydrogen-bond donors (Lipinski definition) is 16. The van der Waals surface area contributed by atoms with Gasteiger partial charge in [0.15, 0.2) is 0 Å². The van der Waals surface area contributed by atoms with Crippen molar-refractivity contribution < 1.29 is 28.4 Å². The van der Waals surface area contributed by atoms with E-state index in [1.165, 1.54) is 68.9 Å². The molecule has 2 aliphatic rings. The molecule has 2 saturated carbocycles. The third-order valence-electron chi connectivity index (χ3n) is 10.1. The minimum absolute atomic E-state index is 0. The zero-order valence-electron chi connectivity index (χ0n) is 45.0. The van der Waals surface area contributed by atoms with Crippen LogP contribution in [0.15, 0.2) is 92.4 Å². The number of benzene rings is 3. The zero-order valence-corrected chi connectivity index (χ0v) is 62.6. The van der Waals surface area contributed by atoms with Gasteiger partial charge >= 0.3 is 0 Å². The average Bonchev–Trinajstić information content (AvgIpc) is 3.43. The molecule has 0 saturated heterocycles. The van der Waals surface area contributed by atoms with Crippen molar-refractivity contribution in [1.29, 1.82) is 0 Å². The number of rotatable bonds is 27. The summed E-state index contributed by atoms with van der Waals surface area (Å²) in [6, 6.07) is 23.9. The number of hydrogen-bond acceptors (Lipinski definition) is 26. The van der Waals surface area contributed by atoms with Crippen molar-refractivity contribution in [3.63, 3.8) is 0 Å². The fraction of sp³-hybridized carbons (Fsp3) is 0.667. The molecule has 26 heteroatoms. The van der Waals surface area contributed by atoms with Gasteiger partial charge in [-0.15, -0.1) is 74.0 Å². The third-order valence-corrected chi connectivity index (χ3v) is 19.3. The predicted molar refractivity (Wildman–Crippen MR) is 423 cm³/mol. The molecular formula is C54H100O6S20. The molecule has 3 aromatic rings. The molecule has 3 aromatic carbocycles. The van der Waals surface area contributed by atoms with Crippen LogP contribution in [0.4, 0.5) is 0 Å². The van der Waals surface area contributed by atoms with E-state index in [-0.39, 0.29) is 21.6 Å². The molecule has 2 atom stereocenters. The normalized spacial score (nSPS) is 16.6. The van der Waals surface area contributed by atoms with Crippen LogP contribution in [0.1, 0.15) is 86.5 Å². The first kappa shape index (κ1) is 93.1. The number of thioether (sulfide) groups is 2. The molecule has 5 rings (SSSR count). The van der Waals surface area contributed by atoms with Crippen LogP contribution in [-0.2, 0) is 28.4 Å². The molecule has 0 radical (unpaired) electrons. The number of thiol groups is 16. The highest BCUT2D eigenvalue weighted by molar-refractivity contribution is 8.76. The molecule has 0 aromatic heterocycles. The third kappa shape index (κ3) is 68.3. The second-order valence-corrected chi connectivity index (χ2v) is 30.6. The van der Waals surface area contributed by atoms with Crippen LogP contribution in [0.3, 0.4) is 0 Å². The highest BCUT2D eigenvalue weighted by Crippen LogP contribution is 2.37. The Balaban J connectivity index is -0.000000279. The van der Waals surface area contributed by atoms with Gasteiger partial charge in [0.05, 0.1) is 38.3 Å². The maximum atomic E-state index is 5.26. The molecule has 472 valence electrons. The van der Waals surface area contributed by atoms with E-state index >= 15 is 0 Å². The van der Waals surface area contributed by atoms with E-state index in [2.05, 4.69) is 236 Å². The van der Waals surface area contributed by atoms with E-state index in [1.54, 1.807) is 21.6 Å². The van der Waals surface area contributed by atoms with E-state index in [0.717, 1.165) is 69.7 Å². The summed E-state index contributed by atoms with van der Waals surface area (Å²) in [5, 5.41) is 5.82. The molecule has 0 amide bonds. The first-order chi connectivity index (χ1) is 37.6. The lowest BCUT2D eigenvalue weighted by atomic mass is 9.77. The highest BCUT2D eigenvalue weighted by Gasteiger charge is 2.25. The molecule has 2 unspecified atom stereocenters. The molecule has 0 bridgehead atoms. The van der Waals surface area contributed by atoms with Crippen molar-refractivity contribution >= 4 is 247 Å². The summed E-state index contributed by atoms with van der Waals surface area (Å²) in [6.07, 6.45) is 12.7.